The van der Waals surface area contributed by atoms with Crippen LogP contribution in [0, 0.1) is 0 Å². The van der Waals surface area contributed by atoms with Crippen molar-refractivity contribution in [3.05, 3.63) is 95.1 Å². The molecule has 3 aromatic carbocycles. The predicted octanol–water partition coefficient (Wildman–Crippen LogP) is 5.66. The number of carbonyl (C=O) groups is 2. The molecule has 6 nitrogen and oxygen atoms in total. The summed E-state index contributed by atoms with van der Waals surface area (Å²) in [6, 6.07) is 23.9. The average molecular weight is 485 g/mol. The van der Waals surface area contributed by atoms with Gasteiger partial charge in [-0.05, 0) is 72.4 Å². The van der Waals surface area contributed by atoms with Crippen LogP contribution < -0.4 is 15.5 Å². The Morgan fingerprint density at radius 2 is 1.69 bits per heavy atom. The molecule has 0 saturated carbocycles. The van der Waals surface area contributed by atoms with Gasteiger partial charge in [0.1, 0.15) is 0 Å². The van der Waals surface area contributed by atoms with Gasteiger partial charge < -0.3 is 20.4 Å². The Balaban J connectivity index is 1.35. The Hall–Kier alpha value is -3.80. The molecule has 6 heteroatoms. The highest BCUT2D eigenvalue weighted by Gasteiger charge is 2.25. The molecule has 0 radical (unpaired) electrons. The molecule has 0 spiro atoms. The zero-order valence-electron chi connectivity index (χ0n) is 21.5. The van der Waals surface area contributed by atoms with Crippen molar-refractivity contribution < 1.29 is 9.59 Å². The summed E-state index contributed by atoms with van der Waals surface area (Å²) >= 11 is 0. The van der Waals surface area contributed by atoms with Crippen molar-refractivity contribution >= 4 is 23.3 Å². The molecule has 0 unspecified atom stereocenters. The Morgan fingerprint density at radius 1 is 0.972 bits per heavy atom. The van der Waals surface area contributed by atoms with Gasteiger partial charge in [-0.25, -0.2) is 4.79 Å². The molecule has 4 rings (SSSR count). The lowest BCUT2D eigenvalue weighted by molar-refractivity contribution is 0.0950. The van der Waals surface area contributed by atoms with E-state index in [4.69, 9.17) is 0 Å². The Labute approximate surface area is 214 Å². The van der Waals surface area contributed by atoms with Crippen molar-refractivity contribution in [2.75, 3.05) is 37.4 Å². The summed E-state index contributed by atoms with van der Waals surface area (Å²) < 4.78 is 0. The maximum Gasteiger partial charge on any atom is 0.321 e. The predicted molar refractivity (Wildman–Crippen MR) is 147 cm³/mol. The summed E-state index contributed by atoms with van der Waals surface area (Å²) in [4.78, 5) is 29.7. The summed E-state index contributed by atoms with van der Waals surface area (Å²) in [6.07, 6.45) is 2.91. The molecule has 0 bridgehead atoms. The minimum absolute atomic E-state index is 0.0712. The topological polar surface area (TPSA) is 64.7 Å². The summed E-state index contributed by atoms with van der Waals surface area (Å²) in [5.74, 6) is 0.118. The van der Waals surface area contributed by atoms with Gasteiger partial charge in [-0.2, -0.15) is 0 Å². The number of anilines is 2. The van der Waals surface area contributed by atoms with Gasteiger partial charge in [-0.1, -0.05) is 43.3 Å². The molecule has 1 heterocycles. The smallest absolute Gasteiger partial charge is 0.321 e. The standard InChI is InChI=1S/C30H36N4O2/c1-4-22-10-14-27(15-11-22)32-30(36)34-18-6-9-26(21-34)24-7-5-8-25(19-24)29(35)31-20-23-12-16-28(17-13-23)33(2)3/h5,7-8,10-17,19,26H,4,6,9,18,20-21H2,1-3H3,(H,31,35)(H,32,36)/t26-/m0/s1. The lowest BCUT2D eigenvalue weighted by Crippen LogP contribution is -2.41. The van der Waals surface area contributed by atoms with Crippen LogP contribution in [0.15, 0.2) is 72.8 Å². The summed E-state index contributed by atoms with van der Waals surface area (Å²) in [7, 11) is 4.01. The summed E-state index contributed by atoms with van der Waals surface area (Å²) in [6.45, 7) is 3.97. The van der Waals surface area contributed by atoms with E-state index < -0.39 is 0 Å². The number of nitrogens with zero attached hydrogens (tertiary/aromatic N) is 2. The van der Waals surface area contributed by atoms with Crippen LogP contribution in [-0.2, 0) is 13.0 Å². The number of hydrogen-bond donors (Lipinski definition) is 2. The zero-order valence-corrected chi connectivity index (χ0v) is 21.5. The van der Waals surface area contributed by atoms with Gasteiger partial charge in [-0.3, -0.25) is 4.79 Å². The first kappa shape index (κ1) is 25.3. The molecule has 1 fully saturated rings. The number of urea groups is 1. The lowest BCUT2D eigenvalue weighted by Gasteiger charge is -2.33. The highest BCUT2D eigenvalue weighted by atomic mass is 16.2. The van der Waals surface area contributed by atoms with Gasteiger partial charge in [0.15, 0.2) is 0 Å². The number of hydrogen-bond acceptors (Lipinski definition) is 3. The van der Waals surface area contributed by atoms with E-state index in [1.54, 1.807) is 0 Å². The average Bonchev–Trinajstić information content (AvgIpc) is 2.92. The number of aryl methyl sites for hydroxylation is 1. The molecule has 36 heavy (non-hydrogen) atoms. The van der Waals surface area contributed by atoms with Crippen molar-refractivity contribution in [3.8, 4) is 0 Å². The van der Waals surface area contributed by atoms with Crippen LogP contribution in [-0.4, -0.2) is 44.0 Å². The molecular formula is C30H36N4O2. The van der Waals surface area contributed by atoms with Crippen LogP contribution >= 0.6 is 0 Å². The maximum atomic E-state index is 12.9. The van der Waals surface area contributed by atoms with Crippen molar-refractivity contribution in [2.24, 2.45) is 0 Å². The third kappa shape index (κ3) is 6.45. The monoisotopic (exact) mass is 484 g/mol. The number of rotatable bonds is 7. The quantitative estimate of drug-likeness (QED) is 0.455. The van der Waals surface area contributed by atoms with Crippen molar-refractivity contribution in [1.82, 2.24) is 10.2 Å². The Morgan fingerprint density at radius 3 is 2.39 bits per heavy atom. The van der Waals surface area contributed by atoms with Gasteiger partial charge >= 0.3 is 6.03 Å². The first-order chi connectivity index (χ1) is 17.4. The Bertz CT molecular complexity index is 1170. The number of carbonyl (C=O) groups excluding carboxylic acids is 2. The third-order valence-electron chi connectivity index (χ3n) is 6.85. The molecule has 0 aliphatic carbocycles. The van der Waals surface area contributed by atoms with Gasteiger partial charge in [-0.15, -0.1) is 0 Å². The summed E-state index contributed by atoms with van der Waals surface area (Å²) in [5, 5.41) is 6.06. The number of nitrogens with one attached hydrogen (secondary N) is 2. The molecular weight excluding hydrogens is 448 g/mol. The van der Waals surface area contributed by atoms with Crippen LogP contribution in [0.25, 0.3) is 0 Å². The second kappa shape index (κ2) is 11.8. The van der Waals surface area contributed by atoms with Gasteiger partial charge in [0.05, 0.1) is 0 Å². The normalized spacial score (nSPS) is 15.3. The molecule has 0 aromatic heterocycles. The van der Waals surface area contributed by atoms with E-state index >= 15 is 0 Å². The van der Waals surface area contributed by atoms with E-state index in [2.05, 4.69) is 23.6 Å². The van der Waals surface area contributed by atoms with Crippen LogP contribution in [0.4, 0.5) is 16.2 Å². The molecule has 1 aliphatic heterocycles. The van der Waals surface area contributed by atoms with E-state index in [9.17, 15) is 9.59 Å². The van der Waals surface area contributed by atoms with Crippen LogP contribution in [0.3, 0.4) is 0 Å². The first-order valence-corrected chi connectivity index (χ1v) is 12.7. The number of amides is 3. The molecule has 2 N–H and O–H groups in total. The number of piperidine rings is 1. The van der Waals surface area contributed by atoms with Gasteiger partial charge in [0.2, 0.25) is 0 Å². The second-order valence-corrected chi connectivity index (χ2v) is 9.63. The highest BCUT2D eigenvalue weighted by molar-refractivity contribution is 5.94. The fourth-order valence-electron chi connectivity index (χ4n) is 4.59. The van der Waals surface area contributed by atoms with Crippen molar-refractivity contribution in [1.29, 1.82) is 0 Å². The zero-order chi connectivity index (χ0) is 25.5. The van der Waals surface area contributed by atoms with Gasteiger partial charge in [0, 0.05) is 56.6 Å². The van der Waals surface area contributed by atoms with E-state index in [1.165, 1.54) is 5.56 Å². The second-order valence-electron chi connectivity index (χ2n) is 9.63. The van der Waals surface area contributed by atoms with Crippen LogP contribution in [0.1, 0.15) is 52.7 Å². The molecule has 1 aliphatic rings. The SMILES string of the molecule is CCc1ccc(NC(=O)N2CCC[C@H](c3cccc(C(=O)NCc4ccc(N(C)C)cc4)c3)C2)cc1. The fourth-order valence-corrected chi connectivity index (χ4v) is 4.59. The van der Waals surface area contributed by atoms with E-state index in [1.807, 2.05) is 90.6 Å². The van der Waals surface area contributed by atoms with Crippen molar-refractivity contribution in [3.63, 3.8) is 0 Å². The molecule has 188 valence electrons. The van der Waals surface area contributed by atoms with Crippen LogP contribution in [0.5, 0.6) is 0 Å². The van der Waals surface area contributed by atoms with Crippen LogP contribution in [0.2, 0.25) is 0 Å². The minimum atomic E-state index is -0.0885. The van der Waals surface area contributed by atoms with E-state index in [-0.39, 0.29) is 17.9 Å². The Kier molecular flexibility index (Phi) is 8.26. The fraction of sp³-hybridized carbons (Fsp3) is 0.333. The van der Waals surface area contributed by atoms with Gasteiger partial charge in [0.25, 0.3) is 5.91 Å². The summed E-state index contributed by atoms with van der Waals surface area (Å²) in [5.41, 5.74) is 6.00. The first-order valence-electron chi connectivity index (χ1n) is 12.7. The third-order valence-corrected chi connectivity index (χ3v) is 6.85. The minimum Gasteiger partial charge on any atom is -0.378 e. The van der Waals surface area contributed by atoms with E-state index in [0.29, 0.717) is 18.7 Å². The molecule has 1 atom stereocenters. The lowest BCUT2D eigenvalue weighted by atomic mass is 9.89. The molecule has 1 saturated heterocycles. The molecule has 3 aromatic rings. The highest BCUT2D eigenvalue weighted by Crippen LogP contribution is 2.28. The molecule has 3 amide bonds. The van der Waals surface area contributed by atoms with E-state index in [0.717, 1.165) is 48.3 Å². The largest absolute Gasteiger partial charge is 0.378 e. The number of likely N-dealkylation sites (tertiary alicyclic amines) is 1. The van der Waals surface area contributed by atoms with Crippen molar-refractivity contribution in [2.45, 2.75) is 38.6 Å². The maximum absolute atomic E-state index is 12.9. The number of benzene rings is 3.